The molecule has 0 fully saturated rings. The topological polar surface area (TPSA) is 87.7 Å². The van der Waals surface area contributed by atoms with Crippen molar-refractivity contribution < 1.29 is 19.4 Å². The number of aliphatic carboxylic acids is 1. The molecule has 3 N–H and O–H groups in total. The summed E-state index contributed by atoms with van der Waals surface area (Å²) in [6, 6.07) is 5.63. The molecule has 0 saturated carbocycles. The first-order valence-electron chi connectivity index (χ1n) is 5.98. The van der Waals surface area contributed by atoms with E-state index < -0.39 is 18.0 Å². The van der Waals surface area contributed by atoms with E-state index in [0.717, 1.165) is 10.0 Å². The van der Waals surface area contributed by atoms with Gasteiger partial charge in [-0.15, -0.1) is 0 Å². The number of amides is 2. The van der Waals surface area contributed by atoms with Crippen LogP contribution in [0.25, 0.3) is 0 Å². The van der Waals surface area contributed by atoms with Gasteiger partial charge in [-0.3, -0.25) is 0 Å². The highest BCUT2D eigenvalue weighted by atomic mass is 79.9. The Morgan fingerprint density at radius 2 is 1.90 bits per heavy atom. The van der Waals surface area contributed by atoms with Gasteiger partial charge in [-0.25, -0.2) is 9.59 Å². The zero-order valence-electron chi connectivity index (χ0n) is 11.2. The molecule has 6 nitrogen and oxygen atoms in total. The summed E-state index contributed by atoms with van der Waals surface area (Å²) in [6.45, 7) is 1.73. The van der Waals surface area contributed by atoms with Gasteiger partial charge in [-0.1, -0.05) is 28.1 Å². The number of hydrogen-bond donors (Lipinski definition) is 3. The van der Waals surface area contributed by atoms with Gasteiger partial charge in [0, 0.05) is 11.6 Å². The predicted molar refractivity (Wildman–Crippen MR) is 77.5 cm³/mol. The predicted octanol–water partition coefficient (Wildman–Crippen LogP) is 1.91. The minimum absolute atomic E-state index is 0.0879. The Morgan fingerprint density at radius 1 is 1.30 bits per heavy atom. The molecule has 1 aromatic carbocycles. The Labute approximate surface area is 125 Å². The average Bonchev–Trinajstić information content (AvgIpc) is 2.38. The van der Waals surface area contributed by atoms with Crippen molar-refractivity contribution in [1.29, 1.82) is 0 Å². The van der Waals surface area contributed by atoms with Gasteiger partial charge in [-0.2, -0.15) is 0 Å². The van der Waals surface area contributed by atoms with Crippen molar-refractivity contribution in [2.45, 2.75) is 19.0 Å². The quantitative estimate of drug-likeness (QED) is 0.735. The van der Waals surface area contributed by atoms with E-state index in [9.17, 15) is 9.59 Å². The number of carboxylic acid groups (broad SMARTS) is 1. The second-order valence-electron chi connectivity index (χ2n) is 4.24. The van der Waals surface area contributed by atoms with E-state index >= 15 is 0 Å². The van der Waals surface area contributed by atoms with Crippen LogP contribution >= 0.6 is 15.9 Å². The molecule has 0 radical (unpaired) electrons. The molecule has 0 aromatic heterocycles. The van der Waals surface area contributed by atoms with Crippen molar-refractivity contribution in [3.05, 3.63) is 34.3 Å². The number of rotatable bonds is 6. The summed E-state index contributed by atoms with van der Waals surface area (Å²) in [5, 5.41) is 13.9. The molecule has 7 heteroatoms. The van der Waals surface area contributed by atoms with E-state index in [0.29, 0.717) is 0 Å². The first kappa shape index (κ1) is 16.5. The summed E-state index contributed by atoms with van der Waals surface area (Å²) in [6.07, 6.45) is 0. The fraction of sp³-hybridized carbons (Fsp3) is 0.385. The van der Waals surface area contributed by atoms with E-state index in [4.69, 9.17) is 9.84 Å². The number of ether oxygens (including phenoxy) is 1. The van der Waals surface area contributed by atoms with Crippen molar-refractivity contribution >= 4 is 27.9 Å². The Kier molecular flexibility index (Phi) is 6.47. The summed E-state index contributed by atoms with van der Waals surface area (Å²) >= 11 is 3.33. The summed E-state index contributed by atoms with van der Waals surface area (Å²) in [7, 11) is 1.37. The fourth-order valence-corrected chi connectivity index (χ4v) is 1.84. The molecule has 0 spiro atoms. The van der Waals surface area contributed by atoms with Crippen molar-refractivity contribution in [3.63, 3.8) is 0 Å². The van der Waals surface area contributed by atoms with Crippen molar-refractivity contribution in [1.82, 2.24) is 10.6 Å². The van der Waals surface area contributed by atoms with E-state index in [2.05, 4.69) is 26.6 Å². The maximum Gasteiger partial charge on any atom is 0.328 e. The van der Waals surface area contributed by atoms with Gasteiger partial charge in [0.15, 0.2) is 6.04 Å². The normalized spacial score (nSPS) is 13.3. The van der Waals surface area contributed by atoms with E-state index in [1.54, 1.807) is 0 Å². The first-order chi connectivity index (χ1) is 9.43. The Balaban J connectivity index is 2.56. The third-order valence-electron chi connectivity index (χ3n) is 2.65. The van der Waals surface area contributed by atoms with Crippen molar-refractivity contribution in [2.75, 3.05) is 13.7 Å². The molecule has 0 bridgehead atoms. The molecule has 110 valence electrons. The van der Waals surface area contributed by atoms with Gasteiger partial charge in [0.25, 0.3) is 0 Å². The number of halogens is 1. The number of hydrogen-bond acceptors (Lipinski definition) is 3. The van der Waals surface area contributed by atoms with Gasteiger partial charge in [0.1, 0.15) is 0 Å². The highest BCUT2D eigenvalue weighted by Crippen LogP contribution is 2.16. The van der Waals surface area contributed by atoms with Crippen LogP contribution in [-0.2, 0) is 9.53 Å². The second kappa shape index (κ2) is 7.86. The van der Waals surface area contributed by atoms with Crippen LogP contribution < -0.4 is 10.6 Å². The summed E-state index contributed by atoms with van der Waals surface area (Å²) in [5.41, 5.74) is 0.918. The molecule has 0 aliphatic rings. The van der Waals surface area contributed by atoms with Gasteiger partial charge >= 0.3 is 12.0 Å². The highest BCUT2D eigenvalue weighted by Gasteiger charge is 2.20. The van der Waals surface area contributed by atoms with Crippen LogP contribution in [0, 0.1) is 0 Å². The number of carbonyl (C=O) groups excluding carboxylic acids is 1. The first-order valence-corrected chi connectivity index (χ1v) is 6.77. The number of urea groups is 1. The van der Waals surface area contributed by atoms with Crippen LogP contribution in [0.4, 0.5) is 4.79 Å². The third kappa shape index (κ3) is 5.18. The van der Waals surface area contributed by atoms with Crippen LogP contribution in [0.5, 0.6) is 0 Å². The molecule has 0 aliphatic carbocycles. The molecule has 2 atom stereocenters. The van der Waals surface area contributed by atoms with Crippen LogP contribution in [0.1, 0.15) is 18.5 Å². The smallest absolute Gasteiger partial charge is 0.328 e. The van der Waals surface area contributed by atoms with Gasteiger partial charge < -0.3 is 20.5 Å². The summed E-state index contributed by atoms with van der Waals surface area (Å²) in [5.74, 6) is -1.14. The lowest BCUT2D eigenvalue weighted by Gasteiger charge is -2.18. The standard InChI is InChI=1S/C13H17BrN2O4/c1-8(9-3-5-10(14)6-4-9)15-13(19)16-11(7-20-2)12(17)18/h3-6,8,11H,7H2,1-2H3,(H,17,18)(H2,15,16,19). The third-order valence-corrected chi connectivity index (χ3v) is 3.18. The maximum atomic E-state index is 11.7. The number of nitrogens with one attached hydrogen (secondary N) is 2. The van der Waals surface area contributed by atoms with Crippen LogP contribution in [0.15, 0.2) is 28.7 Å². The largest absolute Gasteiger partial charge is 0.480 e. The summed E-state index contributed by atoms with van der Waals surface area (Å²) in [4.78, 5) is 22.6. The molecule has 1 aromatic rings. The Bertz CT molecular complexity index is 464. The second-order valence-corrected chi connectivity index (χ2v) is 5.15. The Morgan fingerprint density at radius 3 is 2.40 bits per heavy atom. The molecule has 2 amide bonds. The zero-order chi connectivity index (χ0) is 15.1. The minimum Gasteiger partial charge on any atom is -0.480 e. The number of carboxylic acids is 1. The summed E-state index contributed by atoms with van der Waals surface area (Å²) < 4.78 is 5.69. The van der Waals surface area contributed by atoms with Gasteiger partial charge in [0.05, 0.1) is 12.6 Å². The number of carbonyl (C=O) groups is 2. The van der Waals surface area contributed by atoms with Crippen LogP contribution in [0.2, 0.25) is 0 Å². The number of benzene rings is 1. The van der Waals surface area contributed by atoms with E-state index in [-0.39, 0.29) is 12.6 Å². The lowest BCUT2D eigenvalue weighted by molar-refractivity contribution is -0.140. The molecule has 20 heavy (non-hydrogen) atoms. The Hall–Kier alpha value is -1.60. The van der Waals surface area contributed by atoms with Crippen LogP contribution in [0.3, 0.4) is 0 Å². The minimum atomic E-state index is -1.14. The molecule has 0 heterocycles. The van der Waals surface area contributed by atoms with Gasteiger partial charge in [-0.05, 0) is 24.6 Å². The number of methoxy groups -OCH3 is 1. The average molecular weight is 345 g/mol. The van der Waals surface area contributed by atoms with E-state index in [1.165, 1.54) is 7.11 Å². The fourth-order valence-electron chi connectivity index (χ4n) is 1.57. The lowest BCUT2D eigenvalue weighted by Crippen LogP contribution is -2.48. The maximum absolute atomic E-state index is 11.7. The van der Waals surface area contributed by atoms with Crippen LogP contribution in [-0.4, -0.2) is 36.9 Å². The monoisotopic (exact) mass is 344 g/mol. The zero-order valence-corrected chi connectivity index (χ0v) is 12.8. The molecule has 0 saturated heterocycles. The highest BCUT2D eigenvalue weighted by molar-refractivity contribution is 9.10. The molecular weight excluding hydrogens is 328 g/mol. The SMILES string of the molecule is COCC(NC(=O)NC(C)c1ccc(Br)cc1)C(=O)O. The molecule has 1 rings (SSSR count). The van der Waals surface area contributed by atoms with Crippen molar-refractivity contribution in [2.24, 2.45) is 0 Å². The van der Waals surface area contributed by atoms with Gasteiger partial charge in [0.2, 0.25) is 0 Å². The molecule has 2 unspecified atom stereocenters. The molecule has 0 aliphatic heterocycles. The van der Waals surface area contributed by atoms with Crippen molar-refractivity contribution in [3.8, 4) is 0 Å². The lowest BCUT2D eigenvalue weighted by atomic mass is 10.1. The molecular formula is C13H17BrN2O4. The van der Waals surface area contributed by atoms with E-state index in [1.807, 2.05) is 31.2 Å².